The number of rotatable bonds is 10. The third kappa shape index (κ3) is 5.85. The first-order valence-electron chi connectivity index (χ1n) is 13.1. The zero-order valence-electron chi connectivity index (χ0n) is 21.6. The molecule has 1 aliphatic heterocycles. The topological polar surface area (TPSA) is 119 Å². The van der Waals surface area contributed by atoms with Crippen LogP contribution in [-0.4, -0.2) is 75.5 Å². The van der Waals surface area contributed by atoms with E-state index in [-0.39, 0.29) is 10.8 Å². The number of nitrogens with one attached hydrogen (secondary N) is 2. The minimum atomic E-state index is -3.68. The van der Waals surface area contributed by atoms with Crippen molar-refractivity contribution in [2.45, 2.75) is 30.6 Å². The first-order valence-corrected chi connectivity index (χ1v) is 14.6. The molecule has 0 atom stereocenters. The maximum Gasteiger partial charge on any atom is 0.257 e. The number of nitrogens with zero attached hydrogens (tertiary/aromatic N) is 3. The van der Waals surface area contributed by atoms with Gasteiger partial charge in [0.25, 0.3) is 5.91 Å². The van der Waals surface area contributed by atoms with Gasteiger partial charge < -0.3 is 14.6 Å². The van der Waals surface area contributed by atoms with Gasteiger partial charge in [-0.25, -0.2) is 13.1 Å². The number of ether oxygens (including phenoxy) is 1. The number of carbonyl (C=O) groups excluding carboxylic acids is 1. The predicted octanol–water partition coefficient (Wildman–Crippen LogP) is 3.13. The van der Waals surface area contributed by atoms with Gasteiger partial charge in [0.05, 0.1) is 28.7 Å². The van der Waals surface area contributed by atoms with Gasteiger partial charge in [-0.1, -0.05) is 0 Å². The maximum absolute atomic E-state index is 13.5. The van der Waals surface area contributed by atoms with Crippen LogP contribution in [0.15, 0.2) is 47.5 Å². The van der Waals surface area contributed by atoms with Crippen LogP contribution in [-0.2, 0) is 16.4 Å². The van der Waals surface area contributed by atoms with E-state index in [1.165, 1.54) is 24.7 Å². The number of aryl methyl sites for hydroxylation is 1. The van der Waals surface area contributed by atoms with Crippen LogP contribution in [0, 0.1) is 17.2 Å². The Kier molecular flexibility index (Phi) is 7.70. The smallest absolute Gasteiger partial charge is 0.257 e. The summed E-state index contributed by atoms with van der Waals surface area (Å²) in [5.41, 5.74) is 3.21. The second-order valence-corrected chi connectivity index (χ2v) is 11.9. The summed E-state index contributed by atoms with van der Waals surface area (Å²) in [4.78, 5) is 21.0. The first-order chi connectivity index (χ1) is 18.4. The molecule has 3 aromatic rings. The highest BCUT2D eigenvalue weighted by molar-refractivity contribution is 7.89. The molecule has 2 N–H and O–H groups in total. The molecule has 1 saturated carbocycles. The standard InChI is InChI=1S/C28H33N5O4S/c1-30-38(35,36)23-7-9-27(37-19-20-4-5-20)25(16-23)28(34)33-13-11-32(12-14-33)10-2-3-22-18-31-26-8-6-21(17-29)15-24(22)26/h6-9,15-16,18,20,30-31H,2-5,10-14,19H2,1H3. The van der Waals surface area contributed by atoms with Gasteiger partial charge in [-0.3, -0.25) is 9.69 Å². The molecule has 2 aliphatic rings. The fourth-order valence-corrected chi connectivity index (χ4v) is 5.63. The number of amides is 1. The van der Waals surface area contributed by atoms with E-state index in [1.54, 1.807) is 11.0 Å². The van der Waals surface area contributed by atoms with Crippen LogP contribution >= 0.6 is 0 Å². The Hall–Kier alpha value is -3.39. The van der Waals surface area contributed by atoms with Crippen LogP contribution in [0.3, 0.4) is 0 Å². The lowest BCUT2D eigenvalue weighted by Gasteiger charge is -2.35. The zero-order valence-corrected chi connectivity index (χ0v) is 22.4. The van der Waals surface area contributed by atoms with Gasteiger partial charge in [-0.2, -0.15) is 5.26 Å². The van der Waals surface area contributed by atoms with Crippen molar-refractivity contribution in [2.24, 2.45) is 5.92 Å². The molecule has 38 heavy (non-hydrogen) atoms. The third-order valence-electron chi connectivity index (χ3n) is 7.41. The van der Waals surface area contributed by atoms with E-state index in [4.69, 9.17) is 4.74 Å². The van der Waals surface area contributed by atoms with Crippen molar-refractivity contribution in [1.29, 1.82) is 5.26 Å². The Balaban J connectivity index is 1.19. The highest BCUT2D eigenvalue weighted by Gasteiger charge is 2.28. The molecule has 0 unspecified atom stereocenters. The molecule has 0 spiro atoms. The number of sulfonamides is 1. The molecule has 0 bridgehead atoms. The van der Waals surface area contributed by atoms with Crippen molar-refractivity contribution in [1.82, 2.24) is 19.5 Å². The molecule has 10 heteroatoms. The van der Waals surface area contributed by atoms with Crippen molar-refractivity contribution in [2.75, 3.05) is 46.4 Å². The molecule has 1 amide bonds. The van der Waals surface area contributed by atoms with Gasteiger partial charge in [0, 0.05) is 43.3 Å². The van der Waals surface area contributed by atoms with Crippen molar-refractivity contribution in [3.05, 3.63) is 59.3 Å². The molecular weight excluding hydrogens is 502 g/mol. The predicted molar refractivity (Wildman–Crippen MR) is 145 cm³/mol. The molecule has 0 radical (unpaired) electrons. The summed E-state index contributed by atoms with van der Waals surface area (Å²) >= 11 is 0. The summed E-state index contributed by atoms with van der Waals surface area (Å²) in [5.74, 6) is 0.758. The average molecular weight is 536 g/mol. The van der Waals surface area contributed by atoms with Crippen molar-refractivity contribution >= 4 is 26.8 Å². The number of hydrogen-bond acceptors (Lipinski definition) is 6. The number of nitriles is 1. The average Bonchev–Trinajstić information content (AvgIpc) is 3.70. The lowest BCUT2D eigenvalue weighted by molar-refractivity contribution is 0.0631. The number of piperazine rings is 1. The molecule has 1 saturated heterocycles. The van der Waals surface area contributed by atoms with E-state index in [9.17, 15) is 18.5 Å². The number of hydrogen-bond donors (Lipinski definition) is 2. The van der Waals surface area contributed by atoms with E-state index >= 15 is 0 Å². The highest BCUT2D eigenvalue weighted by Crippen LogP contribution is 2.31. The number of H-pyrrole nitrogens is 1. The highest BCUT2D eigenvalue weighted by atomic mass is 32.2. The van der Waals surface area contributed by atoms with Crippen LogP contribution in [0.1, 0.15) is 40.7 Å². The Morgan fingerprint density at radius 1 is 1.16 bits per heavy atom. The molecule has 1 aliphatic carbocycles. The number of benzene rings is 2. The van der Waals surface area contributed by atoms with Gasteiger partial charge >= 0.3 is 0 Å². The van der Waals surface area contributed by atoms with E-state index in [0.29, 0.717) is 42.5 Å². The minimum Gasteiger partial charge on any atom is -0.492 e. The second kappa shape index (κ2) is 11.2. The van der Waals surface area contributed by atoms with Crippen molar-refractivity contribution in [3.8, 4) is 11.8 Å². The fraction of sp³-hybridized carbons (Fsp3) is 0.429. The van der Waals surface area contributed by atoms with Crippen molar-refractivity contribution in [3.63, 3.8) is 0 Å². The van der Waals surface area contributed by atoms with Gasteiger partial charge in [0.2, 0.25) is 10.0 Å². The maximum atomic E-state index is 13.5. The largest absolute Gasteiger partial charge is 0.492 e. The van der Waals surface area contributed by atoms with Gasteiger partial charge in [0.1, 0.15) is 5.75 Å². The Bertz CT molecular complexity index is 1460. The summed E-state index contributed by atoms with van der Waals surface area (Å²) in [6, 6.07) is 12.4. The lowest BCUT2D eigenvalue weighted by Crippen LogP contribution is -2.49. The van der Waals surface area contributed by atoms with Gasteiger partial charge in [-0.15, -0.1) is 0 Å². The van der Waals surface area contributed by atoms with E-state index in [2.05, 4.69) is 20.7 Å². The molecule has 5 rings (SSSR count). The summed E-state index contributed by atoms with van der Waals surface area (Å²) in [7, 11) is -2.32. The Morgan fingerprint density at radius 2 is 1.95 bits per heavy atom. The molecule has 200 valence electrons. The molecule has 2 heterocycles. The summed E-state index contributed by atoms with van der Waals surface area (Å²) < 4.78 is 33.0. The molecule has 9 nitrogen and oxygen atoms in total. The van der Waals surface area contributed by atoms with Gasteiger partial charge in [0.15, 0.2) is 0 Å². The van der Waals surface area contributed by atoms with E-state index < -0.39 is 10.0 Å². The monoisotopic (exact) mass is 535 g/mol. The Labute approximate surface area is 223 Å². The normalized spacial score (nSPS) is 16.5. The lowest BCUT2D eigenvalue weighted by atomic mass is 10.1. The SMILES string of the molecule is CNS(=O)(=O)c1ccc(OCC2CC2)c(C(=O)N2CCN(CCCc3c[nH]c4ccc(C#N)cc34)CC2)c1. The third-order valence-corrected chi connectivity index (χ3v) is 8.82. The van der Waals surface area contributed by atoms with E-state index in [0.717, 1.165) is 56.2 Å². The molecule has 2 aromatic carbocycles. The number of aromatic amines is 1. The fourth-order valence-electron chi connectivity index (χ4n) is 4.87. The molecular formula is C28H33N5O4S. The molecule has 1 aromatic heterocycles. The van der Waals surface area contributed by atoms with Crippen LogP contribution in [0.2, 0.25) is 0 Å². The van der Waals surface area contributed by atoms with Crippen molar-refractivity contribution < 1.29 is 17.9 Å². The Morgan fingerprint density at radius 3 is 2.66 bits per heavy atom. The zero-order chi connectivity index (χ0) is 26.7. The van der Waals surface area contributed by atoms with Crippen LogP contribution in [0.4, 0.5) is 0 Å². The summed E-state index contributed by atoms with van der Waals surface area (Å²) in [5, 5.41) is 10.3. The number of carbonyl (C=O) groups is 1. The van der Waals surface area contributed by atoms with E-state index in [1.807, 2.05) is 24.4 Å². The quantitative estimate of drug-likeness (QED) is 0.412. The number of aromatic nitrogens is 1. The molecule has 2 fully saturated rings. The van der Waals surface area contributed by atoms with Crippen LogP contribution in [0.5, 0.6) is 5.75 Å². The van der Waals surface area contributed by atoms with Crippen LogP contribution < -0.4 is 9.46 Å². The van der Waals surface area contributed by atoms with Gasteiger partial charge in [-0.05, 0) is 87.2 Å². The first kappa shape index (κ1) is 26.2. The minimum absolute atomic E-state index is 0.0555. The summed E-state index contributed by atoms with van der Waals surface area (Å²) in [6.45, 7) is 4.11. The summed E-state index contributed by atoms with van der Waals surface area (Å²) in [6.07, 6.45) is 6.15. The number of fused-ring (bicyclic) bond motifs is 1. The van der Waals surface area contributed by atoms with Crippen LogP contribution in [0.25, 0.3) is 10.9 Å². The second-order valence-electron chi connectivity index (χ2n) is 10.0.